The number of rotatable bonds is 4. The largest absolute Gasteiger partial charge is 4.00 e. The maximum Gasteiger partial charge on any atom is 4.00 e. The summed E-state index contributed by atoms with van der Waals surface area (Å²) in [6.07, 6.45) is 10.3. The van der Waals surface area contributed by atoms with E-state index in [1.165, 1.54) is 0 Å². The van der Waals surface area contributed by atoms with Crippen LogP contribution in [0, 0.1) is 71.0 Å². The van der Waals surface area contributed by atoms with Crippen molar-refractivity contribution < 1.29 is 84.4 Å². The first-order chi connectivity index (χ1) is 21.1. The van der Waals surface area contributed by atoms with Gasteiger partial charge in [-0.25, -0.2) is 0 Å². The van der Waals surface area contributed by atoms with E-state index in [-0.39, 0.29) is 97.6 Å². The van der Waals surface area contributed by atoms with Gasteiger partial charge in [0, 0.05) is 47.5 Å². The second-order valence-corrected chi connectivity index (χ2v) is 15.5. The molecule has 8 aliphatic carbocycles. The van der Waals surface area contributed by atoms with Gasteiger partial charge in [-0.05, 0) is 98.7 Å². The molecule has 8 bridgehead atoms. The van der Waals surface area contributed by atoms with Crippen LogP contribution in [0.2, 0.25) is 0 Å². The van der Waals surface area contributed by atoms with Crippen LogP contribution < -0.4 is 20.4 Å². The third-order valence-electron chi connectivity index (χ3n) is 13.6. The maximum atomic E-state index is 10.6. The molecular formula is C32H36HfO12. The molecule has 0 aromatic heterocycles. The van der Waals surface area contributed by atoms with Gasteiger partial charge in [-0.2, -0.15) is 0 Å². The van der Waals surface area contributed by atoms with Gasteiger partial charge in [0.1, 0.15) is 0 Å². The van der Waals surface area contributed by atoms with Crippen molar-refractivity contribution in [3.63, 3.8) is 0 Å². The SMILES string of the molecule is O=C([O-])C1CC2CC1C1OC21.O=C([O-])C1CC2CC1C1OC21.O=C([O-])C1CC2CC1C1OC21.O=C([O-])C1CC2CC1C1OC21.[Hf+4]. The van der Waals surface area contributed by atoms with Crippen molar-refractivity contribution in [3.8, 4) is 0 Å². The molecular weight excluding hydrogens is 755 g/mol. The minimum Gasteiger partial charge on any atom is -0.550 e. The van der Waals surface area contributed by atoms with Crippen molar-refractivity contribution in [2.24, 2.45) is 71.0 Å². The van der Waals surface area contributed by atoms with Gasteiger partial charge >= 0.3 is 25.8 Å². The van der Waals surface area contributed by atoms with Gasteiger partial charge in [-0.3, -0.25) is 0 Å². The Labute approximate surface area is 278 Å². The van der Waals surface area contributed by atoms with Crippen LogP contribution in [-0.2, 0) is 64.0 Å². The number of carbonyl (C=O) groups is 4. The van der Waals surface area contributed by atoms with Crippen LogP contribution in [-0.4, -0.2) is 72.7 Å². The van der Waals surface area contributed by atoms with Crippen LogP contribution in [0.3, 0.4) is 0 Å². The van der Waals surface area contributed by atoms with E-state index in [1.54, 1.807) is 0 Å². The Bertz CT molecular complexity index is 1100. The fourth-order valence-corrected chi connectivity index (χ4v) is 11.5. The van der Waals surface area contributed by atoms with Gasteiger partial charge in [0.15, 0.2) is 0 Å². The molecule has 13 heteroatoms. The van der Waals surface area contributed by atoms with Gasteiger partial charge in [-0.1, -0.05) is 0 Å². The summed E-state index contributed by atoms with van der Waals surface area (Å²) < 4.78 is 21.3. The minimum atomic E-state index is -0.869. The molecule has 4 heterocycles. The van der Waals surface area contributed by atoms with E-state index in [4.69, 9.17) is 18.9 Å². The normalized spacial score (nSPS) is 56.4. The summed E-state index contributed by atoms with van der Waals surface area (Å²) in [6, 6.07) is 0. The zero-order valence-electron chi connectivity index (χ0n) is 24.6. The Morgan fingerprint density at radius 1 is 0.356 bits per heavy atom. The molecule has 8 saturated carbocycles. The zero-order chi connectivity index (χ0) is 30.3. The van der Waals surface area contributed by atoms with Gasteiger partial charge in [0.25, 0.3) is 0 Å². The molecule has 20 atom stereocenters. The van der Waals surface area contributed by atoms with Crippen molar-refractivity contribution in [1.82, 2.24) is 0 Å². The first kappa shape index (κ1) is 30.9. The van der Waals surface area contributed by atoms with Crippen LogP contribution in [0.4, 0.5) is 0 Å². The van der Waals surface area contributed by atoms with E-state index in [1.807, 2.05) is 0 Å². The molecule has 0 radical (unpaired) electrons. The third kappa shape index (κ3) is 4.99. The number of epoxide rings is 4. The summed E-state index contributed by atoms with van der Waals surface area (Å²) in [7, 11) is 0. The summed E-state index contributed by atoms with van der Waals surface area (Å²) in [4.78, 5) is 42.4. The Hall–Kier alpha value is -1.41. The predicted molar refractivity (Wildman–Crippen MR) is 133 cm³/mol. The van der Waals surface area contributed by atoms with E-state index in [0.717, 1.165) is 51.4 Å². The quantitative estimate of drug-likeness (QED) is 0.202. The Morgan fingerprint density at radius 2 is 0.556 bits per heavy atom. The van der Waals surface area contributed by atoms with E-state index in [0.29, 0.717) is 48.1 Å². The number of fused-ring (bicyclic) bond motifs is 20. The molecule has 4 saturated heterocycles. The second-order valence-electron chi connectivity index (χ2n) is 15.5. The minimum absolute atomic E-state index is 0. The number of carboxylic acid groups (broad SMARTS) is 4. The Morgan fingerprint density at radius 3 is 0.689 bits per heavy atom. The average molecular weight is 791 g/mol. The molecule has 240 valence electrons. The van der Waals surface area contributed by atoms with Crippen LogP contribution >= 0.6 is 0 Å². The van der Waals surface area contributed by atoms with Crippen molar-refractivity contribution in [2.75, 3.05) is 0 Å². The molecule has 20 unspecified atom stereocenters. The van der Waals surface area contributed by atoms with Crippen LogP contribution in [0.25, 0.3) is 0 Å². The number of hydrogen-bond donors (Lipinski definition) is 0. The van der Waals surface area contributed by atoms with Crippen molar-refractivity contribution in [2.45, 2.75) is 100 Å². The average Bonchev–Trinajstić information content (AvgIpc) is 3.99. The second kappa shape index (κ2) is 10.8. The first-order valence-corrected chi connectivity index (χ1v) is 16.5. The molecule has 45 heavy (non-hydrogen) atoms. The van der Waals surface area contributed by atoms with E-state index < -0.39 is 23.9 Å². The summed E-state index contributed by atoms with van der Waals surface area (Å²) in [5.74, 6) is -1.01. The summed E-state index contributed by atoms with van der Waals surface area (Å²) in [6.45, 7) is 0. The third-order valence-corrected chi connectivity index (χ3v) is 13.6. The number of hydrogen-bond acceptors (Lipinski definition) is 12. The molecule has 0 aromatic rings. The first-order valence-electron chi connectivity index (χ1n) is 16.5. The van der Waals surface area contributed by atoms with Crippen molar-refractivity contribution in [3.05, 3.63) is 0 Å². The Kier molecular flexibility index (Phi) is 7.41. The molecule has 12 aliphatic rings. The zero-order valence-corrected chi connectivity index (χ0v) is 28.2. The Balaban J connectivity index is 0.0000000884. The molecule has 12 fully saturated rings. The van der Waals surface area contributed by atoms with Crippen LogP contribution in [0.15, 0.2) is 0 Å². The topological polar surface area (TPSA) is 211 Å². The number of carbonyl (C=O) groups excluding carboxylic acids is 4. The van der Waals surface area contributed by atoms with E-state index in [2.05, 4.69) is 0 Å². The molecule has 0 N–H and O–H groups in total. The molecule has 12 rings (SSSR count). The van der Waals surface area contributed by atoms with Gasteiger partial charge < -0.3 is 58.6 Å². The number of aliphatic carboxylic acids is 4. The molecule has 0 amide bonds. The van der Waals surface area contributed by atoms with Crippen molar-refractivity contribution in [1.29, 1.82) is 0 Å². The monoisotopic (exact) mass is 792 g/mol. The fraction of sp³-hybridized carbons (Fsp3) is 0.875. The molecule has 12 nitrogen and oxygen atoms in total. The predicted octanol–water partition coefficient (Wildman–Crippen LogP) is -3.36. The van der Waals surface area contributed by atoms with Crippen molar-refractivity contribution >= 4 is 23.9 Å². The van der Waals surface area contributed by atoms with Crippen LogP contribution in [0.1, 0.15) is 51.4 Å². The smallest absolute Gasteiger partial charge is 0.550 e. The standard InChI is InChI=1S/4C8H10O3.Hf/c4*9-8(10)5-2-3-1-4(5)7-6(3)11-7;/h4*3-7H,1-2H2,(H,9,10);/q;;;;+4/p-4. The van der Waals surface area contributed by atoms with Gasteiger partial charge in [-0.15, -0.1) is 0 Å². The maximum absolute atomic E-state index is 10.6. The molecule has 0 spiro atoms. The summed E-state index contributed by atoms with van der Waals surface area (Å²) >= 11 is 0. The van der Waals surface area contributed by atoms with E-state index in [9.17, 15) is 39.6 Å². The number of ether oxygens (including phenoxy) is 4. The van der Waals surface area contributed by atoms with Gasteiger partial charge in [0.2, 0.25) is 0 Å². The number of carboxylic acids is 4. The van der Waals surface area contributed by atoms with E-state index >= 15 is 0 Å². The summed E-state index contributed by atoms with van der Waals surface area (Å²) in [5.41, 5.74) is 0. The molecule has 4 aliphatic heterocycles. The van der Waals surface area contributed by atoms with Crippen LogP contribution in [0.5, 0.6) is 0 Å². The molecule has 0 aromatic carbocycles. The van der Waals surface area contributed by atoms with Gasteiger partial charge in [0.05, 0.1) is 48.8 Å². The summed E-state index contributed by atoms with van der Waals surface area (Å²) in [5, 5.41) is 42.4. The fourth-order valence-electron chi connectivity index (χ4n) is 11.5.